The Morgan fingerprint density at radius 1 is 0.860 bits per heavy atom. The molecule has 1 amide bonds. The molecule has 50 heavy (non-hydrogen) atoms. The van der Waals surface area contributed by atoms with Crippen molar-refractivity contribution in [2.24, 2.45) is 0 Å². The monoisotopic (exact) mass is 758 g/mol. The van der Waals surface area contributed by atoms with Gasteiger partial charge >= 0.3 is 5.97 Å². The maximum Gasteiger partial charge on any atom is 0.340 e. The van der Waals surface area contributed by atoms with Gasteiger partial charge in [0.15, 0.2) is 11.5 Å². The zero-order chi connectivity index (χ0) is 36.2. The highest BCUT2D eigenvalue weighted by Crippen LogP contribution is 2.34. The fraction of sp³-hybridized carbons (Fsp3) is 0.222. The van der Waals surface area contributed by atoms with E-state index in [1.54, 1.807) is 57.5 Å². The first-order valence-electron chi connectivity index (χ1n) is 15.2. The summed E-state index contributed by atoms with van der Waals surface area (Å²) in [7, 11) is 0.283. The molecular formula is C36H33Cl3N2O8S. The van der Waals surface area contributed by atoms with Gasteiger partial charge in [0.1, 0.15) is 11.5 Å². The molecule has 0 saturated carbocycles. The van der Waals surface area contributed by atoms with Crippen molar-refractivity contribution in [2.75, 3.05) is 27.9 Å². The molecule has 5 rings (SSSR count). The number of sulfonamides is 1. The van der Waals surface area contributed by atoms with Crippen LogP contribution in [0.2, 0.25) is 15.1 Å². The predicted molar refractivity (Wildman–Crippen MR) is 191 cm³/mol. The zero-order valence-corrected chi connectivity index (χ0v) is 30.6. The second-order valence-electron chi connectivity index (χ2n) is 11.2. The fourth-order valence-electron chi connectivity index (χ4n) is 5.47. The van der Waals surface area contributed by atoms with Crippen molar-refractivity contribution in [1.82, 2.24) is 9.21 Å². The SMILES string of the molecule is COC(=O)C1=C(C)N(CCc2ccc(OC)c(OC)c2)C(=O)/C1=C/c1ccc(CN(Cc2ccc(Cl)c(Cl)c2)S(=O)(=O)c2ccc(Cl)cc2)o1. The van der Waals surface area contributed by atoms with Gasteiger partial charge in [0.25, 0.3) is 5.91 Å². The third-order valence-corrected chi connectivity index (χ3v) is 10.9. The minimum absolute atomic E-state index is 0.0314. The van der Waals surface area contributed by atoms with Crippen molar-refractivity contribution in [3.8, 4) is 11.5 Å². The molecule has 0 fully saturated rings. The summed E-state index contributed by atoms with van der Waals surface area (Å²) in [6.45, 7) is 1.72. The van der Waals surface area contributed by atoms with E-state index >= 15 is 0 Å². The third kappa shape index (κ3) is 8.03. The largest absolute Gasteiger partial charge is 0.493 e. The van der Waals surface area contributed by atoms with Gasteiger partial charge in [0.05, 0.1) is 54.0 Å². The van der Waals surface area contributed by atoms with Crippen molar-refractivity contribution in [1.29, 1.82) is 0 Å². The molecule has 3 aromatic carbocycles. The molecule has 0 unspecified atom stereocenters. The van der Waals surface area contributed by atoms with Gasteiger partial charge in [-0.15, -0.1) is 0 Å². The van der Waals surface area contributed by atoms with Crippen molar-refractivity contribution in [3.63, 3.8) is 0 Å². The number of rotatable bonds is 13. The van der Waals surface area contributed by atoms with Gasteiger partial charge in [0.2, 0.25) is 10.0 Å². The minimum atomic E-state index is -4.06. The highest BCUT2D eigenvalue weighted by Gasteiger charge is 2.37. The molecule has 0 aliphatic carbocycles. The molecular weight excluding hydrogens is 727 g/mol. The highest BCUT2D eigenvalue weighted by molar-refractivity contribution is 7.89. The van der Waals surface area contributed by atoms with E-state index in [1.807, 2.05) is 12.1 Å². The molecule has 0 saturated heterocycles. The van der Waals surface area contributed by atoms with Crippen LogP contribution in [0.4, 0.5) is 0 Å². The lowest BCUT2D eigenvalue weighted by atomic mass is 10.1. The van der Waals surface area contributed by atoms with E-state index in [0.29, 0.717) is 39.2 Å². The fourth-order valence-corrected chi connectivity index (χ4v) is 7.31. The summed E-state index contributed by atoms with van der Waals surface area (Å²) in [5, 5.41) is 1.01. The van der Waals surface area contributed by atoms with E-state index in [9.17, 15) is 18.0 Å². The van der Waals surface area contributed by atoms with Gasteiger partial charge in [-0.2, -0.15) is 4.31 Å². The molecule has 14 heteroatoms. The van der Waals surface area contributed by atoms with E-state index in [1.165, 1.54) is 46.7 Å². The summed E-state index contributed by atoms with van der Waals surface area (Å²) in [5.41, 5.74) is 2.12. The second kappa shape index (κ2) is 15.7. The number of allylic oxidation sites excluding steroid dienone is 1. The molecule has 0 N–H and O–H groups in total. The number of esters is 1. The van der Waals surface area contributed by atoms with Crippen LogP contribution in [-0.4, -0.2) is 57.4 Å². The van der Waals surface area contributed by atoms with Crippen LogP contribution in [0.25, 0.3) is 6.08 Å². The van der Waals surface area contributed by atoms with Crippen LogP contribution in [0, 0.1) is 0 Å². The number of amides is 1. The van der Waals surface area contributed by atoms with Gasteiger partial charge in [-0.25, -0.2) is 13.2 Å². The Balaban J connectivity index is 1.42. The summed E-state index contributed by atoms with van der Waals surface area (Å²) < 4.78 is 50.7. The Morgan fingerprint density at radius 3 is 2.22 bits per heavy atom. The van der Waals surface area contributed by atoms with Crippen LogP contribution in [0.3, 0.4) is 0 Å². The number of ether oxygens (including phenoxy) is 3. The predicted octanol–water partition coefficient (Wildman–Crippen LogP) is 7.56. The van der Waals surface area contributed by atoms with Crippen molar-refractivity contribution >= 4 is 62.8 Å². The standard InChI is InChI=1S/C36H33Cl3N2O8S/c1-22-34(36(43)48-4)29(35(42)41(22)16-15-23-6-14-32(46-2)33(18-23)47-3)19-26-9-10-27(49-26)21-40(20-24-5-13-30(38)31(39)17-24)50(44,45)28-11-7-25(37)8-12-28/h5-14,17-19H,15-16,20-21H2,1-4H3/b29-19+. The number of hydrogen-bond donors (Lipinski definition) is 0. The maximum absolute atomic E-state index is 13.8. The first-order chi connectivity index (χ1) is 23.9. The second-order valence-corrected chi connectivity index (χ2v) is 14.4. The molecule has 0 spiro atoms. The lowest BCUT2D eigenvalue weighted by Gasteiger charge is -2.22. The number of carbonyl (C=O) groups is 2. The summed E-state index contributed by atoms with van der Waals surface area (Å²) >= 11 is 18.3. The summed E-state index contributed by atoms with van der Waals surface area (Å²) in [6, 6.07) is 19.4. The number of carbonyl (C=O) groups excluding carboxylic acids is 2. The van der Waals surface area contributed by atoms with E-state index in [0.717, 1.165) is 5.56 Å². The van der Waals surface area contributed by atoms with Crippen LogP contribution in [0.15, 0.2) is 99.0 Å². The zero-order valence-electron chi connectivity index (χ0n) is 27.5. The lowest BCUT2D eigenvalue weighted by molar-refractivity contribution is -0.136. The molecule has 10 nitrogen and oxygen atoms in total. The Kier molecular flexibility index (Phi) is 11.7. The number of nitrogens with zero attached hydrogens (tertiary/aromatic N) is 2. The highest BCUT2D eigenvalue weighted by atomic mass is 35.5. The first kappa shape index (κ1) is 37.0. The number of halogens is 3. The topological polar surface area (TPSA) is 116 Å². The summed E-state index contributed by atoms with van der Waals surface area (Å²) in [5.74, 6) is 0.576. The van der Waals surface area contributed by atoms with E-state index < -0.39 is 21.9 Å². The van der Waals surface area contributed by atoms with Crippen molar-refractivity contribution in [3.05, 3.63) is 127 Å². The van der Waals surface area contributed by atoms with Crippen molar-refractivity contribution < 1.29 is 36.6 Å². The van der Waals surface area contributed by atoms with Gasteiger partial charge in [-0.3, -0.25) is 4.79 Å². The number of benzene rings is 3. The van der Waals surface area contributed by atoms with Crippen LogP contribution < -0.4 is 9.47 Å². The van der Waals surface area contributed by atoms with Gasteiger partial charge in [-0.05, 0) is 91.2 Å². The Hall–Kier alpha value is -4.26. The van der Waals surface area contributed by atoms with E-state index in [-0.39, 0.29) is 52.2 Å². The molecule has 1 aliphatic heterocycles. The summed E-state index contributed by atoms with van der Waals surface area (Å²) in [4.78, 5) is 28.2. The molecule has 1 aliphatic rings. The van der Waals surface area contributed by atoms with Crippen LogP contribution >= 0.6 is 34.8 Å². The lowest BCUT2D eigenvalue weighted by Crippen LogP contribution is -2.30. The van der Waals surface area contributed by atoms with Crippen LogP contribution in [0.1, 0.15) is 29.6 Å². The smallest absolute Gasteiger partial charge is 0.340 e. The van der Waals surface area contributed by atoms with Crippen LogP contribution in [0.5, 0.6) is 11.5 Å². The molecule has 1 aromatic heterocycles. The average Bonchev–Trinajstić information content (AvgIpc) is 3.64. The van der Waals surface area contributed by atoms with Gasteiger partial charge in [-0.1, -0.05) is 46.9 Å². The quantitative estimate of drug-likeness (QED) is 0.101. The first-order valence-corrected chi connectivity index (χ1v) is 17.8. The molecule has 0 bridgehead atoms. The number of hydrogen-bond acceptors (Lipinski definition) is 8. The molecule has 0 radical (unpaired) electrons. The van der Waals surface area contributed by atoms with Crippen LogP contribution in [-0.2, 0) is 43.9 Å². The van der Waals surface area contributed by atoms with Gasteiger partial charge < -0.3 is 23.5 Å². The molecule has 262 valence electrons. The average molecular weight is 760 g/mol. The number of methoxy groups -OCH3 is 3. The Bertz CT molecular complexity index is 2090. The normalized spacial score (nSPS) is 14.2. The third-order valence-electron chi connectivity index (χ3n) is 8.07. The Labute approximate surface area is 305 Å². The number of furan rings is 1. The molecule has 0 atom stereocenters. The molecule has 2 heterocycles. The van der Waals surface area contributed by atoms with Crippen molar-refractivity contribution in [2.45, 2.75) is 31.3 Å². The Morgan fingerprint density at radius 2 is 1.56 bits per heavy atom. The maximum atomic E-state index is 13.8. The van der Waals surface area contributed by atoms with E-state index in [2.05, 4.69) is 0 Å². The van der Waals surface area contributed by atoms with E-state index in [4.69, 9.17) is 53.4 Å². The van der Waals surface area contributed by atoms with Gasteiger partial charge in [0, 0.05) is 23.8 Å². The molecule has 4 aromatic rings. The minimum Gasteiger partial charge on any atom is -0.493 e. The summed E-state index contributed by atoms with van der Waals surface area (Å²) in [6.07, 6.45) is 1.92.